The molecule has 1 heterocycles. The highest BCUT2D eigenvalue weighted by molar-refractivity contribution is 5.33. The van der Waals surface area contributed by atoms with Crippen LogP contribution in [-0.2, 0) is 4.74 Å². The van der Waals surface area contributed by atoms with Crippen molar-refractivity contribution >= 4 is 0 Å². The Hall–Kier alpha value is -1.87. The summed E-state index contributed by atoms with van der Waals surface area (Å²) in [5, 5.41) is 9.26. The zero-order valence-corrected chi connectivity index (χ0v) is 9.92. The van der Waals surface area contributed by atoms with E-state index in [9.17, 15) is 5.11 Å². The molecule has 0 fully saturated rings. The molecule has 1 aromatic carbocycles. The number of aromatic nitrogens is 1. The van der Waals surface area contributed by atoms with Crippen molar-refractivity contribution in [2.24, 2.45) is 0 Å². The van der Waals surface area contributed by atoms with Gasteiger partial charge in [0.05, 0.1) is 0 Å². The molecule has 3 nitrogen and oxygen atoms in total. The summed E-state index contributed by atoms with van der Waals surface area (Å²) < 4.78 is 5.48. The lowest BCUT2D eigenvalue weighted by molar-refractivity contribution is 0.136. The van der Waals surface area contributed by atoms with E-state index in [0.29, 0.717) is 0 Å². The molecule has 1 unspecified atom stereocenters. The van der Waals surface area contributed by atoms with Crippen LogP contribution >= 0.6 is 0 Å². The molecule has 2 rings (SSSR count). The number of methoxy groups -OCH3 is 1. The van der Waals surface area contributed by atoms with Gasteiger partial charge in [-0.3, -0.25) is 4.98 Å². The van der Waals surface area contributed by atoms with Crippen molar-refractivity contribution in [3.63, 3.8) is 0 Å². The van der Waals surface area contributed by atoms with E-state index in [4.69, 9.17) is 4.74 Å². The van der Waals surface area contributed by atoms with Crippen molar-refractivity contribution in [3.05, 3.63) is 59.4 Å². The molecule has 0 aliphatic carbocycles. The van der Waals surface area contributed by atoms with E-state index < -0.39 is 0 Å². The minimum Gasteiger partial charge on any atom is -0.508 e. The largest absolute Gasteiger partial charge is 0.508 e. The third-order valence-corrected chi connectivity index (χ3v) is 2.67. The first-order valence-electron chi connectivity index (χ1n) is 5.45. The number of pyridine rings is 1. The molecule has 1 atom stereocenters. The van der Waals surface area contributed by atoms with Crippen molar-refractivity contribution < 1.29 is 9.84 Å². The smallest absolute Gasteiger partial charge is 0.115 e. The average Bonchev–Trinajstić information content (AvgIpc) is 2.35. The van der Waals surface area contributed by atoms with Gasteiger partial charge in [-0.1, -0.05) is 18.2 Å². The van der Waals surface area contributed by atoms with Crippen molar-refractivity contribution in [3.8, 4) is 5.75 Å². The molecule has 0 aliphatic heterocycles. The van der Waals surface area contributed by atoms with Crippen LogP contribution in [0.2, 0.25) is 0 Å². The summed E-state index contributed by atoms with van der Waals surface area (Å²) in [5.74, 6) is 0.255. The van der Waals surface area contributed by atoms with Gasteiger partial charge in [0.2, 0.25) is 0 Å². The number of phenolic OH excluding ortho intramolecular Hbond substituents is 1. The third-order valence-electron chi connectivity index (χ3n) is 2.67. The summed E-state index contributed by atoms with van der Waals surface area (Å²) in [6, 6.07) is 11.0. The lowest BCUT2D eigenvalue weighted by Crippen LogP contribution is -2.03. The Balaban J connectivity index is 2.33. The highest BCUT2D eigenvalue weighted by Gasteiger charge is 2.13. The molecule has 0 amide bonds. The molecule has 0 saturated carbocycles. The van der Waals surface area contributed by atoms with E-state index in [1.54, 1.807) is 19.2 Å². The lowest BCUT2D eigenvalue weighted by atomic mass is 10.0. The molecule has 0 radical (unpaired) electrons. The summed E-state index contributed by atoms with van der Waals surface area (Å²) in [7, 11) is 1.66. The number of nitrogens with zero attached hydrogens (tertiary/aromatic N) is 1. The van der Waals surface area contributed by atoms with E-state index in [2.05, 4.69) is 4.98 Å². The number of benzene rings is 1. The highest BCUT2D eigenvalue weighted by Crippen LogP contribution is 2.26. The Bertz CT molecular complexity index is 431. The fourth-order valence-electron chi connectivity index (χ4n) is 1.75. The van der Waals surface area contributed by atoms with Gasteiger partial charge in [-0.2, -0.15) is 0 Å². The summed E-state index contributed by atoms with van der Waals surface area (Å²) in [6.45, 7) is 1.95. The minimum atomic E-state index is -0.149. The third kappa shape index (κ3) is 2.63. The van der Waals surface area contributed by atoms with Gasteiger partial charge in [0.1, 0.15) is 11.9 Å². The average molecular weight is 229 g/mol. The normalized spacial score (nSPS) is 12.4. The maximum Gasteiger partial charge on any atom is 0.115 e. The molecule has 3 heteroatoms. The van der Waals surface area contributed by atoms with Crippen molar-refractivity contribution in [2.45, 2.75) is 13.0 Å². The van der Waals surface area contributed by atoms with E-state index in [1.165, 1.54) is 0 Å². The molecular formula is C14H15NO2. The van der Waals surface area contributed by atoms with Crippen LogP contribution in [0.4, 0.5) is 0 Å². The van der Waals surface area contributed by atoms with E-state index in [1.807, 2.05) is 37.4 Å². The number of phenols is 1. The van der Waals surface area contributed by atoms with Crippen molar-refractivity contribution in [1.29, 1.82) is 0 Å². The van der Waals surface area contributed by atoms with Gasteiger partial charge < -0.3 is 9.84 Å². The first-order chi connectivity index (χ1) is 8.20. The second kappa shape index (κ2) is 4.97. The van der Waals surface area contributed by atoms with E-state index in [-0.39, 0.29) is 11.9 Å². The van der Waals surface area contributed by atoms with Gasteiger partial charge in [-0.15, -0.1) is 0 Å². The van der Waals surface area contributed by atoms with Crippen LogP contribution < -0.4 is 0 Å². The monoisotopic (exact) mass is 229 g/mol. The summed E-state index contributed by atoms with van der Waals surface area (Å²) in [5.41, 5.74) is 2.98. The molecule has 88 valence electrons. The molecule has 0 spiro atoms. The number of hydrogen-bond donors (Lipinski definition) is 1. The second-order valence-electron chi connectivity index (χ2n) is 3.94. The number of aromatic hydroxyl groups is 1. The van der Waals surface area contributed by atoms with Crippen LogP contribution in [0.3, 0.4) is 0 Å². The van der Waals surface area contributed by atoms with E-state index in [0.717, 1.165) is 16.8 Å². The fraction of sp³-hybridized carbons (Fsp3) is 0.214. The maximum atomic E-state index is 9.26. The van der Waals surface area contributed by atoms with Crippen molar-refractivity contribution in [1.82, 2.24) is 4.98 Å². The number of aryl methyl sites for hydroxylation is 1. The van der Waals surface area contributed by atoms with Gasteiger partial charge in [0, 0.05) is 24.6 Å². The second-order valence-corrected chi connectivity index (χ2v) is 3.94. The molecule has 0 saturated heterocycles. The Morgan fingerprint density at radius 3 is 2.24 bits per heavy atom. The SMILES string of the molecule is COC(c1ccc(O)cc1)c1ccc(C)nc1. The standard InChI is InChI=1S/C14H15NO2/c1-10-3-4-12(9-15-10)14(17-2)11-5-7-13(16)8-6-11/h3-9,14,16H,1-2H3. The number of rotatable bonds is 3. The predicted octanol–water partition coefficient (Wildman–Crippen LogP) is 2.83. The Labute approximate surface area is 101 Å². The molecule has 2 aromatic rings. The first-order valence-corrected chi connectivity index (χ1v) is 5.45. The van der Waals surface area contributed by atoms with Gasteiger partial charge >= 0.3 is 0 Å². The molecule has 1 aromatic heterocycles. The Morgan fingerprint density at radius 1 is 1.06 bits per heavy atom. The maximum absolute atomic E-state index is 9.26. The summed E-state index contributed by atoms with van der Waals surface area (Å²) >= 11 is 0. The number of ether oxygens (including phenoxy) is 1. The molecule has 1 N–H and O–H groups in total. The topological polar surface area (TPSA) is 42.4 Å². The lowest BCUT2D eigenvalue weighted by Gasteiger charge is -2.16. The van der Waals surface area contributed by atoms with Crippen molar-refractivity contribution in [2.75, 3.05) is 7.11 Å². The molecular weight excluding hydrogens is 214 g/mol. The molecule has 0 aliphatic rings. The highest BCUT2D eigenvalue weighted by atomic mass is 16.5. The van der Waals surface area contributed by atoms with Gasteiger partial charge in [-0.25, -0.2) is 0 Å². The Kier molecular flexibility index (Phi) is 3.40. The van der Waals surface area contributed by atoms with Gasteiger partial charge in [-0.05, 0) is 30.7 Å². The fourth-order valence-corrected chi connectivity index (χ4v) is 1.75. The van der Waals surface area contributed by atoms with Crippen LogP contribution in [0.15, 0.2) is 42.6 Å². The summed E-state index contributed by atoms with van der Waals surface area (Å²) in [4.78, 5) is 4.26. The first kappa shape index (κ1) is 11.6. The molecule has 0 bridgehead atoms. The quantitative estimate of drug-likeness (QED) is 0.880. The van der Waals surface area contributed by atoms with E-state index >= 15 is 0 Å². The summed E-state index contributed by atoms with van der Waals surface area (Å²) in [6.07, 6.45) is 1.67. The van der Waals surface area contributed by atoms with Crippen LogP contribution in [0.1, 0.15) is 22.9 Å². The van der Waals surface area contributed by atoms with Crippen LogP contribution in [-0.4, -0.2) is 17.2 Å². The van der Waals surface area contributed by atoms with Gasteiger partial charge in [0.25, 0.3) is 0 Å². The predicted molar refractivity (Wildman–Crippen MR) is 65.9 cm³/mol. The molecule has 17 heavy (non-hydrogen) atoms. The zero-order valence-electron chi connectivity index (χ0n) is 9.92. The Morgan fingerprint density at radius 2 is 1.71 bits per heavy atom. The minimum absolute atomic E-state index is 0.149. The van der Waals surface area contributed by atoms with Gasteiger partial charge in [0.15, 0.2) is 0 Å². The van der Waals surface area contributed by atoms with Crippen LogP contribution in [0.5, 0.6) is 5.75 Å². The van der Waals surface area contributed by atoms with Crippen LogP contribution in [0, 0.1) is 6.92 Å². The number of hydrogen-bond acceptors (Lipinski definition) is 3. The zero-order chi connectivity index (χ0) is 12.3. The van der Waals surface area contributed by atoms with Crippen LogP contribution in [0.25, 0.3) is 0 Å².